The zero-order chi connectivity index (χ0) is 76.5. The Balaban J connectivity index is 0.672. The molecule has 0 nitrogen and oxygen atoms in total. The highest BCUT2D eigenvalue weighted by atomic mass is 31.1. The van der Waals surface area contributed by atoms with Gasteiger partial charge in [-0.05, 0) is 248 Å². The van der Waals surface area contributed by atoms with Crippen LogP contribution >= 0.6 is 30.1 Å². The second kappa shape index (κ2) is 26.6. The topological polar surface area (TPSA) is 0 Å². The second-order valence-electron chi connectivity index (χ2n) is 31.8. The van der Waals surface area contributed by atoms with Crippen molar-refractivity contribution in [3.63, 3.8) is 0 Å². The number of fused-ring (bicyclic) bond motifs is 18. The van der Waals surface area contributed by atoms with Gasteiger partial charge >= 0.3 is 0 Å². The Morgan fingerprint density at radius 2 is 0.509 bits per heavy atom. The smallest absolute Gasteiger partial charge is 0.0122 e. The van der Waals surface area contributed by atoms with Crippen molar-refractivity contribution >= 4 is 179 Å². The standard InChI is InChI=1S/C112H74P4/c1-113-103-53-17-13-35-93(103)109-83(45-25-55-105(109)113)77-37-19-41-85-95(77)65-96-78(38-20-42-86(96)107(85)99-63-73(69-27-5-4-6-28-69)61-71-29-7-9-31-75(71)99)84-46-26-56-106-110(84)94-36-14-18-54-104(94)116(106)67-68-57-59-70(60-58-68)74-62-72-30-8-10-32-76(72)100(64-74)108-87-43-21-39-79(89-47-23-49-91-81-33-11-15-51-101(81)114(2)111(89)91)97(87)66-98-80(40-22-44-88(98)108)90-48-24-50-92-82-34-12-16-52-102(82)115(3)112(90)92/h4-66H,67H2,1-3H3. The molecule has 0 bridgehead atoms. The van der Waals surface area contributed by atoms with Crippen LogP contribution < -0.4 is 0 Å². The SMILES string of the molecule is Cp1c2ccccc2c2c(-c3cccc4c(-c5cc(-c6ccccc6)cc6ccccc56)c5cccc(-c6cccc7c6c6ccccc6p7Cc6ccc(-c7cc(-c8c9cccc(-c%10cccc%11c%12ccccc%12p(C)c%10%11)c9cc9c(-c%10cccc%11c%12ccccc%12p(C)c%10%11)cccc89)c8ccccc8c7)cc6)c5cc34)cccc21. The fraction of sp³-hybridized carbons (Fsp3) is 0.0357. The Morgan fingerprint density at radius 3 is 0.991 bits per heavy atom. The zero-order valence-corrected chi connectivity index (χ0v) is 67.9. The first-order chi connectivity index (χ1) is 57.3. The molecule has 4 atom stereocenters. The van der Waals surface area contributed by atoms with Crippen molar-refractivity contribution in [2.75, 3.05) is 0 Å². The van der Waals surface area contributed by atoms with E-state index < -0.39 is 30.1 Å². The summed E-state index contributed by atoms with van der Waals surface area (Å²) in [5.74, 6) is 0. The third kappa shape index (κ3) is 10.2. The minimum atomic E-state index is -0.808. The molecule has 0 saturated heterocycles. The van der Waals surface area contributed by atoms with Crippen molar-refractivity contribution < 1.29 is 0 Å². The van der Waals surface area contributed by atoms with E-state index in [9.17, 15) is 0 Å². The Kier molecular flexibility index (Phi) is 15.5. The van der Waals surface area contributed by atoms with Crippen LogP contribution in [0.5, 0.6) is 0 Å². The average Bonchev–Trinajstić information content (AvgIpc) is 1.12. The molecule has 0 aliphatic heterocycles. The summed E-state index contributed by atoms with van der Waals surface area (Å²) in [6.07, 6.45) is 0.926. The molecule has 0 fully saturated rings. The van der Waals surface area contributed by atoms with Crippen LogP contribution in [0.1, 0.15) is 5.56 Å². The predicted molar refractivity (Wildman–Crippen MR) is 514 cm³/mol. The number of aryl methyl sites for hydroxylation is 3. The Labute approximate surface area is 676 Å². The molecule has 116 heavy (non-hydrogen) atoms. The molecule has 0 N–H and O–H groups in total. The third-order valence-corrected chi connectivity index (χ3v) is 35.2. The van der Waals surface area contributed by atoms with E-state index in [1.165, 1.54) is 243 Å². The Bertz CT molecular complexity index is 8150. The van der Waals surface area contributed by atoms with Gasteiger partial charge < -0.3 is 0 Å². The number of benzene rings is 20. The van der Waals surface area contributed by atoms with Crippen LogP contribution in [0.25, 0.3) is 238 Å². The summed E-state index contributed by atoms with van der Waals surface area (Å²) in [5.41, 5.74) is 21.6. The molecule has 24 aromatic rings. The highest BCUT2D eigenvalue weighted by molar-refractivity contribution is 7.61. The summed E-state index contributed by atoms with van der Waals surface area (Å²) < 4.78 is 0. The summed E-state index contributed by atoms with van der Waals surface area (Å²) >= 11 is 0. The van der Waals surface area contributed by atoms with Gasteiger partial charge in [0.25, 0.3) is 0 Å². The largest absolute Gasteiger partial charge is 0.112 e. The van der Waals surface area contributed by atoms with Crippen LogP contribution in [-0.2, 0) is 26.2 Å². The quantitative estimate of drug-likeness (QED) is 0.120. The fourth-order valence-corrected chi connectivity index (χ4v) is 29.8. The maximum atomic E-state index is 2.58. The third-order valence-electron chi connectivity index (χ3n) is 25.8. The molecular weight excluding hydrogens is 1470 g/mol. The van der Waals surface area contributed by atoms with Gasteiger partial charge in [-0.2, -0.15) is 0 Å². The molecule has 0 saturated carbocycles. The first kappa shape index (κ1) is 67.6. The molecule has 4 aromatic heterocycles. The van der Waals surface area contributed by atoms with Gasteiger partial charge in [-0.25, -0.2) is 0 Å². The lowest BCUT2D eigenvalue weighted by Gasteiger charge is -2.20. The van der Waals surface area contributed by atoms with Gasteiger partial charge in [0, 0.05) is 57.9 Å². The van der Waals surface area contributed by atoms with E-state index in [0.29, 0.717) is 0 Å². The lowest BCUT2D eigenvalue weighted by atomic mass is 9.83. The maximum absolute atomic E-state index is 2.58. The van der Waals surface area contributed by atoms with E-state index in [2.05, 4.69) is 402 Å². The fourth-order valence-electron chi connectivity index (χ4n) is 20.7. The lowest BCUT2D eigenvalue weighted by molar-refractivity contribution is 1.41. The zero-order valence-electron chi connectivity index (χ0n) is 64.4. The number of rotatable bonds is 10. The van der Waals surface area contributed by atoms with E-state index in [1.807, 2.05) is 0 Å². The van der Waals surface area contributed by atoms with Crippen molar-refractivity contribution in [3.8, 4) is 89.0 Å². The highest BCUT2D eigenvalue weighted by Gasteiger charge is 2.27. The van der Waals surface area contributed by atoms with Gasteiger partial charge in [0.1, 0.15) is 0 Å². The van der Waals surface area contributed by atoms with Crippen LogP contribution in [0.4, 0.5) is 0 Å². The van der Waals surface area contributed by atoms with E-state index in [1.54, 1.807) is 0 Å². The summed E-state index contributed by atoms with van der Waals surface area (Å²) in [6, 6.07) is 148. The second-order valence-corrected chi connectivity index (χ2v) is 40.1. The van der Waals surface area contributed by atoms with Crippen molar-refractivity contribution in [3.05, 3.63) is 388 Å². The molecule has 0 aliphatic rings. The molecule has 4 unspecified atom stereocenters. The van der Waals surface area contributed by atoms with E-state index in [-0.39, 0.29) is 0 Å². The Morgan fingerprint density at radius 1 is 0.181 bits per heavy atom. The van der Waals surface area contributed by atoms with Crippen molar-refractivity contribution in [1.29, 1.82) is 0 Å². The monoisotopic (exact) mass is 1540 g/mol. The van der Waals surface area contributed by atoms with E-state index in [4.69, 9.17) is 0 Å². The molecule has 20 aromatic carbocycles. The first-order valence-electron chi connectivity index (χ1n) is 40.4. The molecule has 4 heterocycles. The molecule has 0 aliphatic carbocycles. The van der Waals surface area contributed by atoms with Crippen LogP contribution in [0, 0.1) is 0 Å². The van der Waals surface area contributed by atoms with Gasteiger partial charge in [-0.3, -0.25) is 0 Å². The minimum absolute atomic E-state index is 0.500. The van der Waals surface area contributed by atoms with Crippen LogP contribution in [-0.4, -0.2) is 0 Å². The average molecular weight is 1540 g/mol. The van der Waals surface area contributed by atoms with Gasteiger partial charge in [0.15, 0.2) is 0 Å². The number of hydrogen-bond acceptors (Lipinski definition) is 0. The molecule has 0 radical (unpaired) electrons. The summed E-state index contributed by atoms with van der Waals surface area (Å²) in [6.45, 7) is 7.39. The molecule has 4 heteroatoms. The van der Waals surface area contributed by atoms with Crippen molar-refractivity contribution in [1.82, 2.24) is 0 Å². The van der Waals surface area contributed by atoms with Gasteiger partial charge in [-0.1, -0.05) is 346 Å². The molecule has 0 amide bonds. The van der Waals surface area contributed by atoms with Gasteiger partial charge in [-0.15, -0.1) is 30.1 Å². The van der Waals surface area contributed by atoms with Crippen molar-refractivity contribution in [2.45, 2.75) is 6.16 Å². The minimum Gasteiger partial charge on any atom is -0.112 e. The van der Waals surface area contributed by atoms with Gasteiger partial charge in [0.05, 0.1) is 0 Å². The van der Waals surface area contributed by atoms with Crippen molar-refractivity contribution in [2.24, 2.45) is 20.0 Å². The maximum Gasteiger partial charge on any atom is 0.0122 e. The highest BCUT2D eigenvalue weighted by Crippen LogP contribution is 2.59. The number of hydrogen-bond donors (Lipinski definition) is 0. The van der Waals surface area contributed by atoms with E-state index >= 15 is 0 Å². The van der Waals surface area contributed by atoms with E-state index in [0.717, 1.165) is 6.16 Å². The van der Waals surface area contributed by atoms with Gasteiger partial charge in [0.2, 0.25) is 0 Å². The molecule has 542 valence electrons. The normalized spacial score (nSPS) is 12.8. The van der Waals surface area contributed by atoms with Crippen LogP contribution in [0.3, 0.4) is 0 Å². The van der Waals surface area contributed by atoms with Crippen LogP contribution in [0.2, 0.25) is 0 Å². The predicted octanol–water partition coefficient (Wildman–Crippen LogP) is 34.8. The summed E-state index contributed by atoms with van der Waals surface area (Å²) in [4.78, 5) is 0. The Hall–Kier alpha value is -12.8. The first-order valence-corrected chi connectivity index (χ1v) is 47.3. The summed E-state index contributed by atoms with van der Waals surface area (Å²) in [7, 11) is -2.48. The molecule has 24 rings (SSSR count). The lowest BCUT2D eigenvalue weighted by Crippen LogP contribution is -1.93. The van der Waals surface area contributed by atoms with Crippen LogP contribution in [0.15, 0.2) is 382 Å². The molecule has 0 spiro atoms. The summed E-state index contributed by atoms with van der Waals surface area (Å²) in [5, 5.41) is 37.8. The molecular formula is C112H74P4.